The number of aromatic nitrogens is 3. The molecule has 8 nitrogen and oxygen atoms in total. The van der Waals surface area contributed by atoms with Crippen molar-refractivity contribution in [2.24, 2.45) is 11.1 Å². The summed E-state index contributed by atoms with van der Waals surface area (Å²) in [6, 6.07) is 4.43. The number of aliphatic hydroxyl groups excluding tert-OH is 1. The lowest BCUT2D eigenvalue weighted by atomic mass is 9.97. The molecule has 0 fully saturated rings. The Bertz CT molecular complexity index is 975. The fourth-order valence-corrected chi connectivity index (χ4v) is 3.76. The van der Waals surface area contributed by atoms with Crippen molar-refractivity contribution in [2.75, 3.05) is 11.9 Å². The average molecular weight is 460 g/mol. The van der Waals surface area contributed by atoms with E-state index in [-0.39, 0.29) is 47.6 Å². The number of benzene rings is 1. The lowest BCUT2D eigenvalue weighted by Gasteiger charge is -2.19. The molecule has 4 N–H and O–H groups in total. The van der Waals surface area contributed by atoms with Crippen LogP contribution in [0.15, 0.2) is 18.2 Å². The van der Waals surface area contributed by atoms with E-state index in [2.05, 4.69) is 20.3 Å². The van der Waals surface area contributed by atoms with Crippen LogP contribution < -0.4 is 10.5 Å². The average Bonchev–Trinajstić information content (AvgIpc) is 2.61. The molecule has 0 amide bonds. The topological polar surface area (TPSA) is 131 Å². The van der Waals surface area contributed by atoms with E-state index in [0.717, 1.165) is 0 Å². The number of hydrogen-bond donors (Lipinski definition) is 3. The van der Waals surface area contributed by atoms with Gasteiger partial charge in [-0.2, -0.15) is 9.97 Å². The van der Waals surface area contributed by atoms with Gasteiger partial charge in [-0.1, -0.05) is 44.5 Å². The Hall–Kier alpha value is -1.88. The van der Waals surface area contributed by atoms with Crippen molar-refractivity contribution in [1.29, 1.82) is 0 Å². The molecule has 0 aliphatic rings. The minimum absolute atomic E-state index is 0.0201. The Morgan fingerprint density at radius 2 is 1.87 bits per heavy atom. The van der Waals surface area contributed by atoms with Crippen molar-refractivity contribution in [1.82, 2.24) is 15.0 Å². The Labute approximate surface area is 181 Å². The van der Waals surface area contributed by atoms with Gasteiger partial charge in [0.2, 0.25) is 16.0 Å². The molecule has 0 saturated heterocycles. The summed E-state index contributed by atoms with van der Waals surface area (Å²) in [5, 5.41) is 17.8. The molecule has 0 unspecified atom stereocenters. The van der Waals surface area contributed by atoms with Crippen molar-refractivity contribution in [3.63, 3.8) is 0 Å². The van der Waals surface area contributed by atoms with Gasteiger partial charge in [0.25, 0.3) is 0 Å². The molecule has 1 heterocycles. The van der Waals surface area contributed by atoms with Crippen LogP contribution in [0.4, 0.5) is 10.3 Å². The van der Waals surface area contributed by atoms with Gasteiger partial charge in [0.1, 0.15) is 17.4 Å². The second-order valence-electron chi connectivity index (χ2n) is 7.70. The van der Waals surface area contributed by atoms with Gasteiger partial charge in [-0.25, -0.2) is 22.9 Å². The summed E-state index contributed by atoms with van der Waals surface area (Å²) in [5.74, 6) is -0.704. The summed E-state index contributed by atoms with van der Waals surface area (Å²) >= 11 is 5.87. The number of anilines is 1. The number of hydrogen-bond acceptors (Lipinski definition) is 7. The number of nitrogens with zero attached hydrogens (tertiary/aromatic N) is 3. The Kier molecular flexibility index (Phi) is 8.48. The first-order valence-corrected chi connectivity index (χ1v) is 11.6. The molecule has 2 rings (SSSR count). The molecule has 2 atom stereocenters. The number of nitrogens with two attached hydrogens (primary N) is 1. The molecule has 1 aromatic carbocycles. The predicted octanol–water partition coefficient (Wildman–Crippen LogP) is 2.62. The molecule has 30 heavy (non-hydrogen) atoms. The second kappa shape index (κ2) is 10.4. The van der Waals surface area contributed by atoms with Crippen LogP contribution >= 0.6 is 11.6 Å². The molecule has 0 radical (unpaired) electrons. The summed E-state index contributed by atoms with van der Waals surface area (Å²) in [6.07, 6.45) is 0.881. The number of sulfonamides is 1. The van der Waals surface area contributed by atoms with Gasteiger partial charge < -0.3 is 10.4 Å². The van der Waals surface area contributed by atoms with Gasteiger partial charge in [-0.15, -0.1) is 0 Å². The first kappa shape index (κ1) is 24.4. The number of primary sulfonamides is 1. The van der Waals surface area contributed by atoms with E-state index in [1.165, 1.54) is 6.07 Å². The standard InChI is InChI=1S/C19H27ClFN5O3S/c1-11(2)7-13(9-27)23-19-25-16(24-17(26-19)10-30(22,28)29)8-12(3)14-5-4-6-15(20)18(14)21/h4-6,11-13,27H,7-10H2,1-3H3,(H2,22,28,29)(H,23,24,25,26)/t12-,13+/m0/s1. The minimum atomic E-state index is -3.86. The summed E-state index contributed by atoms with van der Waals surface area (Å²) in [4.78, 5) is 12.7. The maximum absolute atomic E-state index is 14.4. The van der Waals surface area contributed by atoms with E-state index in [1.54, 1.807) is 19.1 Å². The molecular formula is C19H27ClFN5O3S. The zero-order valence-corrected chi connectivity index (χ0v) is 18.7. The number of rotatable bonds is 10. The molecule has 11 heteroatoms. The number of aliphatic hydroxyl groups is 1. The van der Waals surface area contributed by atoms with Gasteiger partial charge in [-0.3, -0.25) is 0 Å². The van der Waals surface area contributed by atoms with Gasteiger partial charge in [0.15, 0.2) is 5.82 Å². The van der Waals surface area contributed by atoms with Crippen molar-refractivity contribution in [3.8, 4) is 0 Å². The maximum atomic E-state index is 14.4. The van der Waals surface area contributed by atoms with E-state index in [1.807, 2.05) is 13.8 Å². The zero-order chi connectivity index (χ0) is 22.5. The van der Waals surface area contributed by atoms with Gasteiger partial charge in [0.05, 0.1) is 17.7 Å². The highest BCUT2D eigenvalue weighted by atomic mass is 35.5. The quantitative estimate of drug-likeness (QED) is 0.497. The summed E-state index contributed by atoms with van der Waals surface area (Å²) in [5.41, 5.74) is 0.401. The fraction of sp³-hybridized carbons (Fsp3) is 0.526. The second-order valence-corrected chi connectivity index (χ2v) is 9.72. The number of halogens is 2. The molecule has 166 valence electrons. The maximum Gasteiger partial charge on any atom is 0.226 e. The highest BCUT2D eigenvalue weighted by Gasteiger charge is 2.19. The SMILES string of the molecule is CC(C)C[C@H](CO)Nc1nc(C[C@H](C)c2cccc(Cl)c2F)nc(CS(N)(=O)=O)n1. The lowest BCUT2D eigenvalue weighted by Crippen LogP contribution is -2.28. The molecule has 2 aromatic rings. The first-order valence-electron chi connectivity index (χ1n) is 9.54. The third-order valence-electron chi connectivity index (χ3n) is 4.37. The van der Waals surface area contributed by atoms with E-state index < -0.39 is 21.6 Å². The lowest BCUT2D eigenvalue weighted by molar-refractivity contribution is 0.259. The van der Waals surface area contributed by atoms with Crippen LogP contribution in [0.25, 0.3) is 0 Å². The van der Waals surface area contributed by atoms with Gasteiger partial charge in [0, 0.05) is 6.42 Å². The van der Waals surface area contributed by atoms with Crippen LogP contribution in [0.3, 0.4) is 0 Å². The molecule has 0 bridgehead atoms. The van der Waals surface area contributed by atoms with Crippen LogP contribution in [0, 0.1) is 11.7 Å². The van der Waals surface area contributed by atoms with Crippen LogP contribution in [-0.2, 0) is 22.2 Å². The summed E-state index contributed by atoms with van der Waals surface area (Å²) < 4.78 is 37.4. The van der Waals surface area contributed by atoms with Crippen molar-refractivity contribution in [3.05, 3.63) is 46.3 Å². The van der Waals surface area contributed by atoms with Crippen LogP contribution in [0.1, 0.15) is 50.3 Å². The molecule has 0 aliphatic heterocycles. The van der Waals surface area contributed by atoms with Crippen LogP contribution in [-0.4, -0.2) is 41.1 Å². The van der Waals surface area contributed by atoms with Crippen LogP contribution in [0.5, 0.6) is 0 Å². The zero-order valence-electron chi connectivity index (χ0n) is 17.1. The Morgan fingerprint density at radius 3 is 2.47 bits per heavy atom. The Balaban J connectivity index is 2.34. The van der Waals surface area contributed by atoms with Crippen molar-refractivity contribution < 1.29 is 17.9 Å². The van der Waals surface area contributed by atoms with Crippen molar-refractivity contribution in [2.45, 2.75) is 51.3 Å². The fourth-order valence-electron chi connectivity index (χ4n) is 3.08. The van der Waals surface area contributed by atoms with Gasteiger partial charge in [-0.05, 0) is 29.9 Å². The normalized spacial score (nSPS) is 14.0. The monoisotopic (exact) mass is 459 g/mol. The smallest absolute Gasteiger partial charge is 0.226 e. The highest BCUT2D eigenvalue weighted by molar-refractivity contribution is 7.88. The summed E-state index contributed by atoms with van der Waals surface area (Å²) in [6.45, 7) is 5.67. The first-order chi connectivity index (χ1) is 14.0. The van der Waals surface area contributed by atoms with E-state index in [4.69, 9.17) is 16.7 Å². The molecule has 0 spiro atoms. The third kappa shape index (κ3) is 7.42. The Morgan fingerprint density at radius 1 is 1.20 bits per heavy atom. The minimum Gasteiger partial charge on any atom is -0.394 e. The van der Waals surface area contributed by atoms with E-state index >= 15 is 0 Å². The van der Waals surface area contributed by atoms with E-state index in [0.29, 0.717) is 17.9 Å². The largest absolute Gasteiger partial charge is 0.394 e. The van der Waals surface area contributed by atoms with Crippen molar-refractivity contribution >= 4 is 27.6 Å². The van der Waals surface area contributed by atoms with Gasteiger partial charge >= 0.3 is 0 Å². The molecule has 0 saturated carbocycles. The number of nitrogens with one attached hydrogen (secondary N) is 1. The molecule has 0 aliphatic carbocycles. The van der Waals surface area contributed by atoms with Crippen LogP contribution in [0.2, 0.25) is 5.02 Å². The third-order valence-corrected chi connectivity index (χ3v) is 5.32. The predicted molar refractivity (Wildman–Crippen MR) is 114 cm³/mol. The molecule has 1 aromatic heterocycles. The summed E-state index contributed by atoms with van der Waals surface area (Å²) in [7, 11) is -3.86. The highest BCUT2D eigenvalue weighted by Crippen LogP contribution is 2.26. The van der Waals surface area contributed by atoms with E-state index in [9.17, 15) is 17.9 Å². The molecular weight excluding hydrogens is 433 g/mol.